The summed E-state index contributed by atoms with van der Waals surface area (Å²) < 4.78 is 44.6. The van der Waals surface area contributed by atoms with Gasteiger partial charge in [0.25, 0.3) is 0 Å². The first-order valence-corrected chi connectivity index (χ1v) is 10.7. The molecule has 3 N–H and O–H groups in total. The molecule has 34 heavy (non-hydrogen) atoms. The second-order valence-electron chi connectivity index (χ2n) is 8.73. The van der Waals surface area contributed by atoms with Gasteiger partial charge >= 0.3 is 18.2 Å². The molecule has 0 heterocycles. The van der Waals surface area contributed by atoms with E-state index in [9.17, 15) is 27.6 Å². The number of benzene rings is 2. The van der Waals surface area contributed by atoms with Gasteiger partial charge in [-0.1, -0.05) is 48.5 Å². The number of halogens is 3. The highest BCUT2D eigenvalue weighted by molar-refractivity contribution is 5.90. The SMILES string of the molecule is CC(NC(=O)[C@H]1C[C@H]1CNC(=O)OCC1c2ccccc2-c2ccccc21)(C(=O)O)C(F)(F)F. The van der Waals surface area contributed by atoms with E-state index in [2.05, 4.69) is 5.32 Å². The van der Waals surface area contributed by atoms with Crippen molar-refractivity contribution < 1.29 is 37.4 Å². The number of aliphatic carboxylic acids is 1. The molecule has 2 aliphatic carbocycles. The van der Waals surface area contributed by atoms with Gasteiger partial charge in [-0.2, -0.15) is 13.2 Å². The zero-order chi connectivity index (χ0) is 24.7. The maximum atomic E-state index is 13.1. The third-order valence-corrected chi connectivity index (χ3v) is 6.48. The monoisotopic (exact) mass is 476 g/mol. The van der Waals surface area contributed by atoms with E-state index in [0.29, 0.717) is 6.92 Å². The van der Waals surface area contributed by atoms with Crippen LogP contribution in [0.25, 0.3) is 11.1 Å². The van der Waals surface area contributed by atoms with Crippen LogP contribution in [0.4, 0.5) is 18.0 Å². The molecule has 10 heteroatoms. The zero-order valence-electron chi connectivity index (χ0n) is 18.2. The highest BCUT2D eigenvalue weighted by Crippen LogP contribution is 2.44. The van der Waals surface area contributed by atoms with E-state index in [-0.39, 0.29) is 25.5 Å². The number of rotatable bonds is 7. The van der Waals surface area contributed by atoms with Gasteiger partial charge in [-0.25, -0.2) is 9.59 Å². The van der Waals surface area contributed by atoms with Crippen molar-refractivity contribution in [2.24, 2.45) is 11.8 Å². The number of amides is 2. The molecule has 1 fully saturated rings. The van der Waals surface area contributed by atoms with Gasteiger partial charge in [0.05, 0.1) is 0 Å². The fourth-order valence-corrected chi connectivity index (χ4v) is 4.24. The average molecular weight is 476 g/mol. The lowest BCUT2D eigenvalue weighted by atomic mass is 9.98. The summed E-state index contributed by atoms with van der Waals surface area (Å²) in [5.41, 5.74) is 0.915. The Morgan fingerprint density at radius 3 is 2.12 bits per heavy atom. The number of hydrogen-bond donors (Lipinski definition) is 3. The van der Waals surface area contributed by atoms with Crippen LogP contribution in [0.15, 0.2) is 48.5 Å². The molecule has 2 aromatic rings. The van der Waals surface area contributed by atoms with Gasteiger partial charge in [-0.15, -0.1) is 0 Å². The normalized spacial score (nSPS) is 20.5. The van der Waals surface area contributed by atoms with Crippen LogP contribution in [0, 0.1) is 11.8 Å². The van der Waals surface area contributed by atoms with Crippen LogP contribution >= 0.6 is 0 Å². The van der Waals surface area contributed by atoms with Crippen molar-refractivity contribution in [3.63, 3.8) is 0 Å². The number of carboxylic acids is 1. The summed E-state index contributed by atoms with van der Waals surface area (Å²) in [4.78, 5) is 35.4. The summed E-state index contributed by atoms with van der Waals surface area (Å²) in [6.07, 6.45) is -5.61. The van der Waals surface area contributed by atoms with Gasteiger partial charge in [0.1, 0.15) is 6.61 Å². The molecule has 0 aromatic heterocycles. The van der Waals surface area contributed by atoms with Crippen LogP contribution in [-0.2, 0) is 14.3 Å². The van der Waals surface area contributed by atoms with Gasteiger partial charge in [-0.05, 0) is 41.5 Å². The maximum Gasteiger partial charge on any atom is 0.422 e. The van der Waals surface area contributed by atoms with Crippen LogP contribution in [0.3, 0.4) is 0 Å². The van der Waals surface area contributed by atoms with Crippen molar-refractivity contribution >= 4 is 18.0 Å². The topological polar surface area (TPSA) is 105 Å². The molecule has 1 saturated carbocycles. The van der Waals surface area contributed by atoms with Gasteiger partial charge < -0.3 is 20.5 Å². The van der Waals surface area contributed by atoms with Gasteiger partial charge in [0.15, 0.2) is 0 Å². The Morgan fingerprint density at radius 1 is 1.03 bits per heavy atom. The molecule has 2 aliphatic rings. The number of carbonyl (C=O) groups is 3. The molecule has 7 nitrogen and oxygen atoms in total. The summed E-state index contributed by atoms with van der Waals surface area (Å²) in [6, 6.07) is 15.7. The Morgan fingerprint density at radius 2 is 1.59 bits per heavy atom. The highest BCUT2D eigenvalue weighted by Gasteiger charge is 2.60. The lowest BCUT2D eigenvalue weighted by molar-refractivity contribution is -0.207. The molecule has 0 spiro atoms. The fourth-order valence-electron chi connectivity index (χ4n) is 4.24. The molecule has 3 atom stereocenters. The van der Waals surface area contributed by atoms with Gasteiger partial charge in [0.2, 0.25) is 11.4 Å². The summed E-state index contributed by atoms with van der Waals surface area (Å²) in [5, 5.41) is 13.0. The molecule has 4 rings (SSSR count). The fraction of sp³-hybridized carbons (Fsp3) is 0.375. The number of alkyl carbamates (subject to hydrolysis) is 1. The average Bonchev–Trinajstić information content (AvgIpc) is 3.51. The predicted molar refractivity (Wildman–Crippen MR) is 115 cm³/mol. The number of fused-ring (bicyclic) bond motifs is 3. The first kappa shape index (κ1) is 23.6. The van der Waals surface area contributed by atoms with Crippen molar-refractivity contribution in [3.8, 4) is 11.1 Å². The van der Waals surface area contributed by atoms with Crippen LogP contribution < -0.4 is 10.6 Å². The molecule has 1 unspecified atom stereocenters. The Balaban J connectivity index is 1.28. The van der Waals surface area contributed by atoms with E-state index >= 15 is 0 Å². The minimum absolute atomic E-state index is 0.0323. The molecule has 0 bridgehead atoms. The molecule has 0 saturated heterocycles. The predicted octanol–water partition coefficient (Wildman–Crippen LogP) is 3.68. The van der Waals surface area contributed by atoms with Crippen LogP contribution in [0.1, 0.15) is 30.4 Å². The van der Waals surface area contributed by atoms with Crippen molar-refractivity contribution in [3.05, 3.63) is 59.7 Å². The molecule has 2 aromatic carbocycles. The van der Waals surface area contributed by atoms with Crippen molar-refractivity contribution in [1.82, 2.24) is 10.6 Å². The number of carbonyl (C=O) groups excluding carboxylic acids is 2. The summed E-state index contributed by atoms with van der Waals surface area (Å²) in [6.45, 7) is 0.543. The minimum Gasteiger partial charge on any atom is -0.479 e. The van der Waals surface area contributed by atoms with E-state index in [0.717, 1.165) is 22.3 Å². The van der Waals surface area contributed by atoms with Gasteiger partial charge in [0, 0.05) is 18.4 Å². The number of alkyl halides is 3. The van der Waals surface area contributed by atoms with E-state index in [1.54, 1.807) is 5.32 Å². The standard InChI is InChI=1S/C24H23F3N2O5/c1-23(21(31)32,24(25,26)27)29-20(30)18-10-13(18)11-28-22(33)34-12-19-16-8-4-2-6-14(16)15-7-3-5-9-17(15)19/h2-9,13,18-19H,10-12H2,1H3,(H,28,33)(H,29,30)(H,31,32)/t13-,18-,23?/m0/s1. The lowest BCUT2D eigenvalue weighted by Gasteiger charge is -2.28. The van der Waals surface area contributed by atoms with Crippen molar-refractivity contribution in [2.45, 2.75) is 31.0 Å². The molecular weight excluding hydrogens is 453 g/mol. The number of ether oxygens (including phenoxy) is 1. The van der Waals surface area contributed by atoms with E-state index < -0.39 is 41.5 Å². The lowest BCUT2D eigenvalue weighted by Crippen LogP contribution is -2.62. The van der Waals surface area contributed by atoms with Crippen molar-refractivity contribution in [1.29, 1.82) is 0 Å². The largest absolute Gasteiger partial charge is 0.479 e. The van der Waals surface area contributed by atoms with Gasteiger partial charge in [-0.3, -0.25) is 4.79 Å². The second kappa shape index (κ2) is 8.66. The zero-order valence-corrected chi connectivity index (χ0v) is 18.2. The van der Waals surface area contributed by atoms with Crippen LogP contribution in [-0.4, -0.2) is 47.9 Å². The van der Waals surface area contributed by atoms with E-state index in [1.165, 1.54) is 0 Å². The van der Waals surface area contributed by atoms with Crippen molar-refractivity contribution in [2.75, 3.05) is 13.2 Å². The first-order chi connectivity index (χ1) is 16.0. The smallest absolute Gasteiger partial charge is 0.422 e. The first-order valence-electron chi connectivity index (χ1n) is 10.7. The number of carboxylic acid groups (broad SMARTS) is 1. The van der Waals surface area contributed by atoms with E-state index in [1.807, 2.05) is 48.5 Å². The molecule has 0 aliphatic heterocycles. The summed E-state index contributed by atoms with van der Waals surface area (Å²) >= 11 is 0. The van der Waals surface area contributed by atoms with E-state index in [4.69, 9.17) is 9.84 Å². The van der Waals surface area contributed by atoms with Crippen LogP contribution in [0.5, 0.6) is 0 Å². The highest BCUT2D eigenvalue weighted by atomic mass is 19.4. The Labute approximate surface area is 193 Å². The Kier molecular flexibility index (Phi) is 6.01. The third kappa shape index (κ3) is 4.32. The quantitative estimate of drug-likeness (QED) is 0.566. The molecule has 0 radical (unpaired) electrons. The Hall–Kier alpha value is -3.56. The molecule has 2 amide bonds. The molecular formula is C24H23F3N2O5. The maximum absolute atomic E-state index is 13.1. The second-order valence-corrected chi connectivity index (χ2v) is 8.73. The molecule has 180 valence electrons. The Bertz CT molecular complexity index is 1090. The summed E-state index contributed by atoms with van der Waals surface area (Å²) in [5.74, 6) is -4.53. The van der Waals surface area contributed by atoms with Crippen LogP contribution in [0.2, 0.25) is 0 Å². The third-order valence-electron chi connectivity index (χ3n) is 6.48. The minimum atomic E-state index is -5.15. The summed E-state index contributed by atoms with van der Waals surface area (Å²) in [7, 11) is 0. The number of nitrogens with one attached hydrogen (secondary N) is 2. The number of hydrogen-bond acceptors (Lipinski definition) is 4.